The van der Waals surface area contributed by atoms with Crippen LogP contribution in [0.2, 0.25) is 0 Å². The van der Waals surface area contributed by atoms with Crippen LogP contribution in [0.1, 0.15) is 31.2 Å². The lowest BCUT2D eigenvalue weighted by molar-refractivity contribution is 0.593. The summed E-state index contributed by atoms with van der Waals surface area (Å²) in [5, 5.41) is 0. The molecule has 17 heavy (non-hydrogen) atoms. The zero-order valence-electron chi connectivity index (χ0n) is 10.1. The molecule has 2 rings (SSSR count). The highest BCUT2D eigenvalue weighted by atomic mass is 32.2. The Bertz CT molecular complexity index is 361. The first-order chi connectivity index (χ1) is 8.31. The van der Waals surface area contributed by atoms with Gasteiger partial charge in [0.2, 0.25) is 0 Å². The van der Waals surface area contributed by atoms with E-state index in [1.807, 2.05) is 6.07 Å². The van der Waals surface area contributed by atoms with E-state index in [-0.39, 0.29) is 5.82 Å². The van der Waals surface area contributed by atoms with Crippen LogP contribution in [0.25, 0.3) is 0 Å². The Morgan fingerprint density at radius 3 is 2.76 bits per heavy atom. The van der Waals surface area contributed by atoms with Crippen LogP contribution in [0.4, 0.5) is 4.39 Å². The molecule has 0 bridgehead atoms. The third-order valence-corrected chi connectivity index (χ3v) is 4.78. The smallest absolute Gasteiger partial charge is 0.137 e. The van der Waals surface area contributed by atoms with E-state index in [4.69, 9.17) is 5.73 Å². The first-order valence-corrected chi connectivity index (χ1v) is 7.40. The van der Waals surface area contributed by atoms with Crippen molar-refractivity contribution in [3.05, 3.63) is 29.6 Å². The van der Waals surface area contributed by atoms with E-state index in [0.29, 0.717) is 6.54 Å². The van der Waals surface area contributed by atoms with Crippen molar-refractivity contribution in [3.8, 4) is 0 Å². The Hall–Kier alpha value is -0.540. The van der Waals surface area contributed by atoms with Crippen molar-refractivity contribution >= 4 is 11.8 Å². The lowest BCUT2D eigenvalue weighted by Gasteiger charge is -2.12. The van der Waals surface area contributed by atoms with Crippen molar-refractivity contribution in [2.75, 3.05) is 12.3 Å². The molecule has 3 heteroatoms. The van der Waals surface area contributed by atoms with Crippen molar-refractivity contribution < 1.29 is 4.39 Å². The van der Waals surface area contributed by atoms with Gasteiger partial charge >= 0.3 is 0 Å². The standard InChI is InChI=1S/C14H20FNS/c15-13-7-3-6-12(8-9-16)14(13)17-10-11-4-1-2-5-11/h3,6-7,11H,1-2,4-5,8-10,16H2. The minimum absolute atomic E-state index is 0.0843. The lowest BCUT2D eigenvalue weighted by atomic mass is 10.1. The molecule has 1 nitrogen and oxygen atoms in total. The second kappa shape index (κ2) is 6.41. The predicted molar refractivity (Wildman–Crippen MR) is 71.8 cm³/mol. The Balaban J connectivity index is 2.02. The molecule has 1 fully saturated rings. The van der Waals surface area contributed by atoms with Crippen LogP contribution >= 0.6 is 11.8 Å². The fourth-order valence-corrected chi connectivity index (χ4v) is 3.74. The molecule has 1 aromatic carbocycles. The molecular weight excluding hydrogens is 233 g/mol. The number of halogens is 1. The van der Waals surface area contributed by atoms with Gasteiger partial charge in [0.05, 0.1) is 0 Å². The first kappa shape index (κ1) is 12.9. The fraction of sp³-hybridized carbons (Fsp3) is 0.571. The quantitative estimate of drug-likeness (QED) is 0.811. The van der Waals surface area contributed by atoms with Gasteiger partial charge in [-0.15, -0.1) is 11.8 Å². The monoisotopic (exact) mass is 253 g/mol. The topological polar surface area (TPSA) is 26.0 Å². The van der Waals surface area contributed by atoms with E-state index in [1.165, 1.54) is 25.7 Å². The summed E-state index contributed by atoms with van der Waals surface area (Å²) in [6, 6.07) is 5.32. The Morgan fingerprint density at radius 2 is 2.06 bits per heavy atom. The van der Waals surface area contributed by atoms with Crippen molar-refractivity contribution in [2.24, 2.45) is 11.7 Å². The molecule has 1 aliphatic carbocycles. The minimum Gasteiger partial charge on any atom is -0.330 e. The van der Waals surface area contributed by atoms with Gasteiger partial charge in [-0.2, -0.15) is 0 Å². The number of hydrogen-bond acceptors (Lipinski definition) is 2. The van der Waals surface area contributed by atoms with Gasteiger partial charge in [0, 0.05) is 10.6 Å². The zero-order chi connectivity index (χ0) is 12.1. The third-order valence-electron chi connectivity index (χ3n) is 3.40. The maximum absolute atomic E-state index is 13.8. The minimum atomic E-state index is -0.0843. The van der Waals surface area contributed by atoms with Crippen LogP contribution in [0.15, 0.2) is 23.1 Å². The van der Waals surface area contributed by atoms with Gasteiger partial charge < -0.3 is 5.73 Å². The molecular formula is C14H20FNS. The highest BCUT2D eigenvalue weighted by Crippen LogP contribution is 2.33. The summed E-state index contributed by atoms with van der Waals surface area (Å²) in [5.74, 6) is 1.75. The molecule has 0 aromatic heterocycles. The molecule has 1 aromatic rings. The number of benzene rings is 1. The second-order valence-corrected chi connectivity index (χ2v) is 5.76. The Morgan fingerprint density at radius 1 is 1.29 bits per heavy atom. The highest BCUT2D eigenvalue weighted by molar-refractivity contribution is 7.99. The Kier molecular flexibility index (Phi) is 4.86. The van der Waals surface area contributed by atoms with Crippen LogP contribution in [0, 0.1) is 11.7 Å². The zero-order valence-corrected chi connectivity index (χ0v) is 10.9. The van der Waals surface area contributed by atoms with Crippen molar-refractivity contribution in [1.29, 1.82) is 0 Å². The van der Waals surface area contributed by atoms with Crippen molar-refractivity contribution in [1.82, 2.24) is 0 Å². The highest BCUT2D eigenvalue weighted by Gasteiger charge is 2.17. The maximum Gasteiger partial charge on any atom is 0.137 e. The molecule has 0 unspecified atom stereocenters. The molecule has 0 heterocycles. The predicted octanol–water partition coefficient (Wildman–Crippen LogP) is 3.61. The van der Waals surface area contributed by atoms with Gasteiger partial charge in [0.25, 0.3) is 0 Å². The van der Waals surface area contributed by atoms with Crippen LogP contribution in [0.5, 0.6) is 0 Å². The molecule has 0 spiro atoms. The Labute approximate surface area is 107 Å². The normalized spacial score (nSPS) is 16.6. The molecule has 2 N–H and O–H groups in total. The lowest BCUT2D eigenvalue weighted by Crippen LogP contribution is -2.05. The van der Waals surface area contributed by atoms with Crippen LogP contribution in [-0.4, -0.2) is 12.3 Å². The van der Waals surface area contributed by atoms with Crippen LogP contribution < -0.4 is 5.73 Å². The molecule has 94 valence electrons. The average molecular weight is 253 g/mol. The van der Waals surface area contributed by atoms with Crippen LogP contribution in [-0.2, 0) is 6.42 Å². The summed E-state index contributed by atoms with van der Waals surface area (Å²) in [6.07, 6.45) is 6.09. The molecule has 1 saturated carbocycles. The van der Waals surface area contributed by atoms with Gasteiger partial charge in [0.15, 0.2) is 0 Å². The summed E-state index contributed by atoms with van der Waals surface area (Å²) in [6.45, 7) is 0.584. The number of hydrogen-bond donors (Lipinski definition) is 1. The van der Waals surface area contributed by atoms with E-state index in [9.17, 15) is 4.39 Å². The van der Waals surface area contributed by atoms with Gasteiger partial charge in [-0.3, -0.25) is 0 Å². The van der Waals surface area contributed by atoms with Gasteiger partial charge in [-0.25, -0.2) is 4.39 Å². The number of rotatable bonds is 5. The summed E-state index contributed by atoms with van der Waals surface area (Å²) in [4.78, 5) is 0.824. The molecule has 0 radical (unpaired) electrons. The number of thioether (sulfide) groups is 1. The molecule has 0 atom stereocenters. The third kappa shape index (κ3) is 3.46. The number of nitrogens with two attached hydrogens (primary N) is 1. The summed E-state index contributed by atoms with van der Waals surface area (Å²) < 4.78 is 13.8. The van der Waals surface area contributed by atoms with E-state index in [1.54, 1.807) is 23.9 Å². The molecule has 1 aliphatic rings. The summed E-state index contributed by atoms with van der Waals surface area (Å²) >= 11 is 1.68. The SMILES string of the molecule is NCCc1cccc(F)c1SCC1CCCC1. The largest absolute Gasteiger partial charge is 0.330 e. The van der Waals surface area contributed by atoms with E-state index in [2.05, 4.69) is 0 Å². The van der Waals surface area contributed by atoms with Gasteiger partial charge in [0.1, 0.15) is 5.82 Å². The second-order valence-electron chi connectivity index (χ2n) is 4.73. The van der Waals surface area contributed by atoms with Crippen LogP contribution in [0.3, 0.4) is 0 Å². The average Bonchev–Trinajstić information content (AvgIpc) is 2.82. The molecule has 0 saturated heterocycles. The van der Waals surface area contributed by atoms with Gasteiger partial charge in [-0.1, -0.05) is 25.0 Å². The summed E-state index contributed by atoms with van der Waals surface area (Å²) in [7, 11) is 0. The van der Waals surface area contributed by atoms with E-state index < -0.39 is 0 Å². The van der Waals surface area contributed by atoms with E-state index >= 15 is 0 Å². The van der Waals surface area contributed by atoms with E-state index in [0.717, 1.165) is 28.6 Å². The fourth-order valence-electron chi connectivity index (χ4n) is 2.45. The molecule has 0 aliphatic heterocycles. The van der Waals surface area contributed by atoms with Crippen molar-refractivity contribution in [3.63, 3.8) is 0 Å². The maximum atomic E-state index is 13.8. The first-order valence-electron chi connectivity index (χ1n) is 6.41. The van der Waals surface area contributed by atoms with Crippen molar-refractivity contribution in [2.45, 2.75) is 37.0 Å². The molecule has 0 amide bonds. The summed E-state index contributed by atoms with van der Waals surface area (Å²) in [5.41, 5.74) is 6.63. The van der Waals surface area contributed by atoms with Gasteiger partial charge in [-0.05, 0) is 43.4 Å².